The molecule has 0 aliphatic carbocycles. The van der Waals surface area contributed by atoms with Gasteiger partial charge >= 0.3 is 0 Å². The first-order valence-electron chi connectivity index (χ1n) is 3.85. The van der Waals surface area contributed by atoms with E-state index in [9.17, 15) is 0 Å². The van der Waals surface area contributed by atoms with Crippen LogP contribution in [0, 0.1) is 5.92 Å². The van der Waals surface area contributed by atoms with Crippen molar-refractivity contribution in [2.45, 2.75) is 19.8 Å². The predicted octanol–water partition coefficient (Wildman–Crippen LogP) is 2.22. The van der Waals surface area contributed by atoms with Crippen LogP contribution in [0.1, 0.15) is 19.8 Å². The van der Waals surface area contributed by atoms with Crippen molar-refractivity contribution in [1.82, 2.24) is 0 Å². The van der Waals surface area contributed by atoms with E-state index in [0.29, 0.717) is 0 Å². The van der Waals surface area contributed by atoms with E-state index in [1.54, 1.807) is 0 Å². The minimum Gasteiger partial charge on any atom is -0.297 e. The van der Waals surface area contributed by atoms with Crippen molar-refractivity contribution in [2.24, 2.45) is 10.9 Å². The van der Waals surface area contributed by atoms with E-state index in [2.05, 4.69) is 23.7 Å². The minimum atomic E-state index is 0.797. The molecule has 0 bridgehead atoms. The van der Waals surface area contributed by atoms with Crippen molar-refractivity contribution < 1.29 is 0 Å². The maximum absolute atomic E-state index is 4.22. The van der Waals surface area contributed by atoms with Crippen LogP contribution >= 0.6 is 11.8 Å². The second kappa shape index (κ2) is 4.02. The van der Waals surface area contributed by atoms with E-state index in [-0.39, 0.29) is 0 Å². The largest absolute Gasteiger partial charge is 0.297 e. The summed E-state index contributed by atoms with van der Waals surface area (Å²) in [5.74, 6) is 3.46. The predicted molar refractivity (Wildman–Crippen MR) is 49.1 cm³/mol. The first-order valence-corrected chi connectivity index (χ1v) is 5.01. The topological polar surface area (TPSA) is 12.4 Å². The Bertz CT molecular complexity index is 125. The van der Waals surface area contributed by atoms with Crippen molar-refractivity contribution >= 4 is 17.5 Å². The first kappa shape index (κ1) is 8.12. The van der Waals surface area contributed by atoms with Gasteiger partial charge in [-0.3, -0.25) is 4.99 Å². The fourth-order valence-corrected chi connectivity index (χ4v) is 2.40. The van der Waals surface area contributed by atoms with Crippen molar-refractivity contribution in [1.29, 1.82) is 0 Å². The van der Waals surface area contributed by atoms with E-state index < -0.39 is 0 Å². The van der Waals surface area contributed by atoms with Gasteiger partial charge in [-0.05, 0) is 37.2 Å². The third-order valence-corrected chi connectivity index (χ3v) is 3.21. The van der Waals surface area contributed by atoms with Crippen LogP contribution in [0.25, 0.3) is 0 Å². The van der Waals surface area contributed by atoms with Crippen molar-refractivity contribution in [2.75, 3.05) is 18.6 Å². The molecule has 0 unspecified atom stereocenters. The maximum atomic E-state index is 4.22. The first-order chi connectivity index (χ1) is 4.84. The zero-order chi connectivity index (χ0) is 7.40. The molecule has 0 spiro atoms. The van der Waals surface area contributed by atoms with Gasteiger partial charge in [-0.2, -0.15) is 11.8 Å². The molecule has 0 amide bonds. The Morgan fingerprint density at radius 3 is 2.50 bits per heavy atom. The van der Waals surface area contributed by atoms with Gasteiger partial charge in [0.1, 0.15) is 0 Å². The zero-order valence-electron chi connectivity index (χ0n) is 6.76. The number of hydrogen-bond acceptors (Lipinski definition) is 2. The van der Waals surface area contributed by atoms with E-state index >= 15 is 0 Å². The fraction of sp³-hybridized carbons (Fsp3) is 0.875. The van der Waals surface area contributed by atoms with Gasteiger partial charge in [0.25, 0.3) is 0 Å². The van der Waals surface area contributed by atoms with Crippen LogP contribution in [0.4, 0.5) is 0 Å². The number of nitrogens with zero attached hydrogens (tertiary/aromatic N) is 1. The van der Waals surface area contributed by atoms with Gasteiger partial charge in [-0.25, -0.2) is 0 Å². The molecule has 0 aromatic carbocycles. The summed E-state index contributed by atoms with van der Waals surface area (Å²) in [4.78, 5) is 4.22. The highest BCUT2D eigenvalue weighted by Crippen LogP contribution is 2.23. The lowest BCUT2D eigenvalue weighted by molar-refractivity contribution is 0.634. The number of aliphatic imine (C=N–C) groups is 1. The smallest absolute Gasteiger partial charge is 0.0276 e. The monoisotopic (exact) mass is 157 g/mol. The Hall–Kier alpha value is 0.0200. The second-order valence-electron chi connectivity index (χ2n) is 2.75. The van der Waals surface area contributed by atoms with Crippen LogP contribution in [0.5, 0.6) is 0 Å². The molecule has 10 heavy (non-hydrogen) atoms. The van der Waals surface area contributed by atoms with Crippen LogP contribution in [0.2, 0.25) is 0 Å². The van der Waals surface area contributed by atoms with Gasteiger partial charge in [-0.15, -0.1) is 0 Å². The van der Waals surface area contributed by atoms with Crippen molar-refractivity contribution in [3.63, 3.8) is 0 Å². The summed E-state index contributed by atoms with van der Waals surface area (Å²) in [6, 6.07) is 0. The average molecular weight is 157 g/mol. The molecule has 0 aromatic heterocycles. The number of hydrogen-bond donors (Lipinski definition) is 0. The molecule has 1 heterocycles. The van der Waals surface area contributed by atoms with E-state index in [1.807, 2.05) is 7.05 Å². The molecule has 1 aliphatic heterocycles. The third-order valence-electron chi connectivity index (χ3n) is 2.16. The number of thioether (sulfide) groups is 1. The SMILES string of the molecule is CN=C(C)C1CCSCC1. The fourth-order valence-electron chi connectivity index (χ4n) is 1.30. The summed E-state index contributed by atoms with van der Waals surface area (Å²) in [6.07, 6.45) is 2.68. The third kappa shape index (κ3) is 2.01. The highest BCUT2D eigenvalue weighted by Gasteiger charge is 2.15. The molecule has 1 rings (SSSR count). The normalized spacial score (nSPS) is 23.2. The standard InChI is InChI=1S/C8H15NS/c1-7(9-2)8-3-5-10-6-4-8/h8H,3-6H2,1-2H3. The van der Waals surface area contributed by atoms with Gasteiger partial charge in [-0.1, -0.05) is 0 Å². The molecule has 0 aromatic rings. The molecule has 0 atom stereocenters. The Morgan fingerprint density at radius 2 is 2.00 bits per heavy atom. The molecule has 1 saturated heterocycles. The Labute approximate surface area is 67.3 Å². The Morgan fingerprint density at radius 1 is 1.40 bits per heavy atom. The lowest BCUT2D eigenvalue weighted by Crippen LogP contribution is -2.17. The van der Waals surface area contributed by atoms with Crippen molar-refractivity contribution in [3.8, 4) is 0 Å². The summed E-state index contributed by atoms with van der Waals surface area (Å²) in [5.41, 5.74) is 1.35. The minimum absolute atomic E-state index is 0.797. The second-order valence-corrected chi connectivity index (χ2v) is 3.98. The summed E-state index contributed by atoms with van der Waals surface area (Å²) >= 11 is 2.07. The molecule has 1 nitrogen and oxygen atoms in total. The highest BCUT2D eigenvalue weighted by atomic mass is 32.2. The highest BCUT2D eigenvalue weighted by molar-refractivity contribution is 7.99. The van der Waals surface area contributed by atoms with Gasteiger partial charge < -0.3 is 0 Å². The Kier molecular flexibility index (Phi) is 3.26. The number of rotatable bonds is 1. The van der Waals surface area contributed by atoms with E-state index in [4.69, 9.17) is 0 Å². The van der Waals surface area contributed by atoms with Crippen LogP contribution < -0.4 is 0 Å². The van der Waals surface area contributed by atoms with Crippen LogP contribution in [0.15, 0.2) is 4.99 Å². The summed E-state index contributed by atoms with van der Waals surface area (Å²) in [7, 11) is 1.90. The maximum Gasteiger partial charge on any atom is 0.0276 e. The summed E-state index contributed by atoms with van der Waals surface area (Å²) in [5, 5.41) is 0. The molecule has 1 fully saturated rings. The molecule has 58 valence electrons. The lowest BCUT2D eigenvalue weighted by Gasteiger charge is -2.20. The van der Waals surface area contributed by atoms with E-state index in [1.165, 1.54) is 30.1 Å². The van der Waals surface area contributed by atoms with Gasteiger partial charge in [0, 0.05) is 12.8 Å². The van der Waals surface area contributed by atoms with Crippen molar-refractivity contribution in [3.05, 3.63) is 0 Å². The Balaban J connectivity index is 2.39. The van der Waals surface area contributed by atoms with Crippen LogP contribution in [-0.2, 0) is 0 Å². The average Bonchev–Trinajstić information content (AvgIpc) is 2.05. The van der Waals surface area contributed by atoms with Gasteiger partial charge in [0.05, 0.1) is 0 Å². The molecular formula is C8H15NS. The molecular weight excluding hydrogens is 142 g/mol. The molecule has 0 N–H and O–H groups in total. The summed E-state index contributed by atoms with van der Waals surface area (Å²) in [6.45, 7) is 2.15. The molecule has 0 saturated carbocycles. The van der Waals surface area contributed by atoms with E-state index in [0.717, 1.165) is 5.92 Å². The van der Waals surface area contributed by atoms with Crippen LogP contribution in [-0.4, -0.2) is 24.3 Å². The molecule has 0 radical (unpaired) electrons. The van der Waals surface area contributed by atoms with Gasteiger partial charge in [0.2, 0.25) is 0 Å². The van der Waals surface area contributed by atoms with Gasteiger partial charge in [0.15, 0.2) is 0 Å². The summed E-state index contributed by atoms with van der Waals surface area (Å²) < 4.78 is 0. The lowest BCUT2D eigenvalue weighted by atomic mass is 9.98. The molecule has 2 heteroatoms. The zero-order valence-corrected chi connectivity index (χ0v) is 7.58. The quantitative estimate of drug-likeness (QED) is 0.532. The molecule has 1 aliphatic rings. The van der Waals surface area contributed by atoms with Crippen LogP contribution in [0.3, 0.4) is 0 Å².